The highest BCUT2D eigenvalue weighted by molar-refractivity contribution is 5.88. The van der Waals surface area contributed by atoms with Crippen molar-refractivity contribution in [2.24, 2.45) is 0 Å². The number of aromatic nitrogens is 1. The van der Waals surface area contributed by atoms with Crippen LogP contribution in [0, 0.1) is 17.0 Å². The SMILES string of the molecule is Cc1cc(COc2cc(C(=O)O)ccc2[N+](=O)[O-])no1. The zero-order valence-electron chi connectivity index (χ0n) is 10.4. The molecule has 0 aliphatic carbocycles. The Morgan fingerprint density at radius 3 is 2.80 bits per heavy atom. The van der Waals surface area contributed by atoms with E-state index >= 15 is 0 Å². The van der Waals surface area contributed by atoms with Crippen LogP contribution >= 0.6 is 0 Å². The molecule has 0 unspecified atom stereocenters. The van der Waals surface area contributed by atoms with Crippen LogP contribution in [0.1, 0.15) is 21.8 Å². The highest BCUT2D eigenvalue weighted by Gasteiger charge is 2.18. The summed E-state index contributed by atoms with van der Waals surface area (Å²) < 4.78 is 10.1. The number of carboxylic acid groups (broad SMARTS) is 1. The average molecular weight is 278 g/mol. The van der Waals surface area contributed by atoms with Crippen molar-refractivity contribution >= 4 is 11.7 Å². The average Bonchev–Trinajstić information content (AvgIpc) is 2.81. The van der Waals surface area contributed by atoms with E-state index in [0.29, 0.717) is 11.5 Å². The number of nitro groups is 1. The maximum Gasteiger partial charge on any atom is 0.335 e. The minimum atomic E-state index is -1.19. The minimum Gasteiger partial charge on any atom is -0.480 e. The molecule has 0 amide bonds. The predicted octanol–water partition coefficient (Wildman–Crippen LogP) is 2.17. The molecule has 0 atom stereocenters. The van der Waals surface area contributed by atoms with E-state index in [1.807, 2.05) is 0 Å². The fraction of sp³-hybridized carbons (Fsp3) is 0.167. The van der Waals surface area contributed by atoms with Crippen molar-refractivity contribution < 1.29 is 24.1 Å². The lowest BCUT2D eigenvalue weighted by Crippen LogP contribution is -2.02. The van der Waals surface area contributed by atoms with Gasteiger partial charge in [-0.3, -0.25) is 10.1 Å². The largest absolute Gasteiger partial charge is 0.480 e. The fourth-order valence-corrected chi connectivity index (χ4v) is 1.55. The van der Waals surface area contributed by atoms with E-state index in [-0.39, 0.29) is 23.6 Å². The van der Waals surface area contributed by atoms with Crippen LogP contribution in [-0.4, -0.2) is 21.2 Å². The summed E-state index contributed by atoms with van der Waals surface area (Å²) in [5, 5.41) is 23.4. The zero-order chi connectivity index (χ0) is 14.7. The molecule has 8 heteroatoms. The number of hydrogen-bond donors (Lipinski definition) is 1. The van der Waals surface area contributed by atoms with E-state index in [1.165, 1.54) is 0 Å². The van der Waals surface area contributed by atoms with Crippen LogP contribution in [0.3, 0.4) is 0 Å². The van der Waals surface area contributed by atoms with E-state index < -0.39 is 10.9 Å². The van der Waals surface area contributed by atoms with E-state index in [9.17, 15) is 14.9 Å². The molecule has 1 heterocycles. The van der Waals surface area contributed by atoms with Crippen LogP contribution in [0.4, 0.5) is 5.69 Å². The maximum atomic E-state index is 10.9. The Bertz CT molecular complexity index is 664. The Morgan fingerprint density at radius 1 is 1.50 bits per heavy atom. The summed E-state index contributed by atoms with van der Waals surface area (Å²) in [7, 11) is 0. The molecule has 1 aromatic heterocycles. The normalized spacial score (nSPS) is 10.2. The smallest absolute Gasteiger partial charge is 0.335 e. The summed E-state index contributed by atoms with van der Waals surface area (Å²) in [5.74, 6) is -0.741. The molecular weight excluding hydrogens is 268 g/mol. The van der Waals surface area contributed by atoms with E-state index in [0.717, 1.165) is 18.2 Å². The molecule has 1 N–H and O–H groups in total. The molecule has 1 aromatic carbocycles. The van der Waals surface area contributed by atoms with Gasteiger partial charge >= 0.3 is 11.7 Å². The lowest BCUT2D eigenvalue weighted by atomic mass is 10.2. The van der Waals surface area contributed by atoms with Gasteiger partial charge in [0.1, 0.15) is 18.1 Å². The Hall–Kier alpha value is -2.90. The van der Waals surface area contributed by atoms with Crippen molar-refractivity contribution in [1.82, 2.24) is 5.16 Å². The van der Waals surface area contributed by atoms with Crippen molar-refractivity contribution in [3.8, 4) is 5.75 Å². The number of carbonyl (C=O) groups is 1. The molecule has 0 aliphatic rings. The van der Waals surface area contributed by atoms with Gasteiger partial charge in [0.15, 0.2) is 5.75 Å². The Balaban J connectivity index is 2.25. The van der Waals surface area contributed by atoms with Gasteiger partial charge in [-0.1, -0.05) is 5.16 Å². The number of benzene rings is 1. The Labute approximate surface area is 112 Å². The quantitative estimate of drug-likeness (QED) is 0.658. The summed E-state index contributed by atoms with van der Waals surface area (Å²) >= 11 is 0. The number of aromatic carboxylic acids is 1. The third kappa shape index (κ3) is 2.91. The van der Waals surface area contributed by atoms with Crippen molar-refractivity contribution in [2.45, 2.75) is 13.5 Å². The Morgan fingerprint density at radius 2 is 2.25 bits per heavy atom. The second-order valence-electron chi connectivity index (χ2n) is 3.96. The van der Waals surface area contributed by atoms with Crippen molar-refractivity contribution in [3.63, 3.8) is 0 Å². The summed E-state index contributed by atoms with van der Waals surface area (Å²) in [6, 6.07) is 4.96. The van der Waals surface area contributed by atoms with Gasteiger partial charge in [0, 0.05) is 18.2 Å². The molecule has 0 spiro atoms. The van der Waals surface area contributed by atoms with Crippen molar-refractivity contribution in [2.75, 3.05) is 0 Å². The first-order valence-corrected chi connectivity index (χ1v) is 5.54. The molecule has 0 saturated carbocycles. The van der Waals surface area contributed by atoms with Gasteiger partial charge in [0.2, 0.25) is 0 Å². The van der Waals surface area contributed by atoms with Gasteiger partial charge in [-0.15, -0.1) is 0 Å². The highest BCUT2D eigenvalue weighted by Crippen LogP contribution is 2.28. The topological polar surface area (TPSA) is 116 Å². The number of carboxylic acids is 1. The summed E-state index contributed by atoms with van der Waals surface area (Å²) in [4.78, 5) is 21.1. The van der Waals surface area contributed by atoms with Gasteiger partial charge in [0.25, 0.3) is 0 Å². The molecule has 104 valence electrons. The summed E-state index contributed by atoms with van der Waals surface area (Å²) in [5.41, 5.74) is 0.0506. The summed E-state index contributed by atoms with van der Waals surface area (Å²) in [6.45, 7) is 1.64. The third-order valence-electron chi connectivity index (χ3n) is 2.46. The molecule has 0 radical (unpaired) electrons. The van der Waals surface area contributed by atoms with Crippen LogP contribution in [0.5, 0.6) is 5.75 Å². The third-order valence-corrected chi connectivity index (χ3v) is 2.46. The van der Waals surface area contributed by atoms with E-state index in [2.05, 4.69) is 5.16 Å². The zero-order valence-corrected chi connectivity index (χ0v) is 10.4. The van der Waals surface area contributed by atoms with Crippen molar-refractivity contribution in [3.05, 3.63) is 51.4 Å². The van der Waals surface area contributed by atoms with Crippen LogP contribution in [0.2, 0.25) is 0 Å². The number of ether oxygens (including phenoxy) is 1. The second-order valence-corrected chi connectivity index (χ2v) is 3.96. The first kappa shape index (κ1) is 13.5. The van der Waals surface area contributed by atoms with Gasteiger partial charge in [-0.25, -0.2) is 4.79 Å². The molecule has 0 bridgehead atoms. The fourth-order valence-electron chi connectivity index (χ4n) is 1.55. The number of hydrogen-bond acceptors (Lipinski definition) is 6. The van der Waals surface area contributed by atoms with E-state index in [4.69, 9.17) is 14.4 Å². The standard InChI is InChI=1S/C12H10N2O6/c1-7-4-9(13-20-7)6-19-11-5-8(12(15)16)2-3-10(11)14(17)18/h2-5H,6H2,1H3,(H,15,16). The predicted molar refractivity (Wildman–Crippen MR) is 65.6 cm³/mol. The van der Waals surface area contributed by atoms with Gasteiger partial charge in [0.05, 0.1) is 10.5 Å². The summed E-state index contributed by atoms with van der Waals surface area (Å²) in [6.07, 6.45) is 0. The molecule has 0 aliphatic heterocycles. The van der Waals surface area contributed by atoms with E-state index in [1.54, 1.807) is 13.0 Å². The molecule has 2 rings (SSSR count). The van der Waals surface area contributed by atoms with Gasteiger partial charge in [-0.05, 0) is 13.0 Å². The second kappa shape index (κ2) is 5.39. The number of nitrogens with zero attached hydrogens (tertiary/aromatic N) is 2. The van der Waals surface area contributed by atoms with Crippen molar-refractivity contribution in [1.29, 1.82) is 0 Å². The molecule has 2 aromatic rings. The maximum absolute atomic E-state index is 10.9. The van der Waals surface area contributed by atoms with Crippen LogP contribution in [-0.2, 0) is 6.61 Å². The molecule has 0 saturated heterocycles. The Kier molecular flexibility index (Phi) is 3.65. The number of rotatable bonds is 5. The molecular formula is C12H10N2O6. The highest BCUT2D eigenvalue weighted by atomic mass is 16.6. The monoisotopic (exact) mass is 278 g/mol. The first-order chi connectivity index (χ1) is 9.47. The molecule has 8 nitrogen and oxygen atoms in total. The molecule has 0 fully saturated rings. The number of nitro benzene ring substituents is 1. The molecule has 20 heavy (non-hydrogen) atoms. The van der Waals surface area contributed by atoms with Crippen LogP contribution < -0.4 is 4.74 Å². The van der Waals surface area contributed by atoms with Crippen LogP contribution in [0.25, 0.3) is 0 Å². The lowest BCUT2D eigenvalue weighted by molar-refractivity contribution is -0.386. The first-order valence-electron chi connectivity index (χ1n) is 5.54. The minimum absolute atomic E-state index is 0.0543. The van der Waals surface area contributed by atoms with Crippen LogP contribution in [0.15, 0.2) is 28.8 Å². The lowest BCUT2D eigenvalue weighted by Gasteiger charge is -2.05. The van der Waals surface area contributed by atoms with Gasteiger partial charge < -0.3 is 14.4 Å². The number of aryl methyl sites for hydroxylation is 1. The van der Waals surface area contributed by atoms with Gasteiger partial charge in [-0.2, -0.15) is 0 Å².